The van der Waals surface area contributed by atoms with Gasteiger partial charge >= 0.3 is 6.09 Å². The van der Waals surface area contributed by atoms with Crippen LogP contribution in [-0.4, -0.2) is 35.3 Å². The van der Waals surface area contributed by atoms with E-state index in [9.17, 15) is 4.79 Å². The van der Waals surface area contributed by atoms with Crippen molar-refractivity contribution in [2.24, 2.45) is 5.16 Å². The average molecular weight is 323 g/mol. The number of hydrogen-bond donors (Lipinski definition) is 0. The SMILES string of the molecule is O=C(ON=CCc1ccc(-c2ccccn2)cc1)N1CCCCC1. The summed E-state index contributed by atoms with van der Waals surface area (Å²) in [5, 5.41) is 3.79. The molecule has 2 heterocycles. The Hall–Kier alpha value is -2.69. The van der Waals surface area contributed by atoms with Crippen LogP contribution in [0.5, 0.6) is 0 Å². The summed E-state index contributed by atoms with van der Waals surface area (Å²) in [5.74, 6) is 0. The molecule has 1 fully saturated rings. The Kier molecular flexibility index (Phi) is 5.56. The summed E-state index contributed by atoms with van der Waals surface area (Å²) in [6, 6.07) is 14.0. The number of nitrogens with zero attached hydrogens (tertiary/aromatic N) is 3. The zero-order chi connectivity index (χ0) is 16.6. The van der Waals surface area contributed by atoms with Crippen LogP contribution in [0.2, 0.25) is 0 Å². The summed E-state index contributed by atoms with van der Waals surface area (Å²) in [7, 11) is 0. The number of carbonyl (C=O) groups is 1. The van der Waals surface area contributed by atoms with Crippen LogP contribution in [0.3, 0.4) is 0 Å². The van der Waals surface area contributed by atoms with Gasteiger partial charge in [0.15, 0.2) is 0 Å². The lowest BCUT2D eigenvalue weighted by molar-refractivity contribution is 0.0985. The van der Waals surface area contributed by atoms with Crippen LogP contribution < -0.4 is 0 Å². The van der Waals surface area contributed by atoms with Crippen molar-refractivity contribution in [2.75, 3.05) is 13.1 Å². The number of amides is 1. The Morgan fingerprint density at radius 2 is 1.92 bits per heavy atom. The molecule has 0 radical (unpaired) electrons. The first kappa shape index (κ1) is 16.2. The predicted octanol–water partition coefficient (Wildman–Crippen LogP) is 3.90. The van der Waals surface area contributed by atoms with E-state index >= 15 is 0 Å². The quantitative estimate of drug-likeness (QED) is 0.487. The van der Waals surface area contributed by atoms with E-state index in [0.29, 0.717) is 6.42 Å². The van der Waals surface area contributed by atoms with Gasteiger partial charge in [-0.25, -0.2) is 4.79 Å². The number of likely N-dealkylation sites (tertiary alicyclic amines) is 1. The molecule has 124 valence electrons. The molecule has 1 aromatic carbocycles. The molecule has 24 heavy (non-hydrogen) atoms. The van der Waals surface area contributed by atoms with Crippen LogP contribution in [0, 0.1) is 0 Å². The van der Waals surface area contributed by atoms with Crippen molar-refractivity contribution in [2.45, 2.75) is 25.7 Å². The second-order valence-corrected chi connectivity index (χ2v) is 5.81. The highest BCUT2D eigenvalue weighted by Gasteiger charge is 2.17. The number of benzene rings is 1. The molecule has 1 amide bonds. The highest BCUT2D eigenvalue weighted by Crippen LogP contribution is 2.16. The molecule has 0 saturated carbocycles. The van der Waals surface area contributed by atoms with Crippen LogP contribution in [-0.2, 0) is 11.3 Å². The van der Waals surface area contributed by atoms with Crippen LogP contribution in [0.25, 0.3) is 11.3 Å². The summed E-state index contributed by atoms with van der Waals surface area (Å²) >= 11 is 0. The third kappa shape index (κ3) is 4.41. The van der Waals surface area contributed by atoms with Gasteiger partial charge in [-0.05, 0) is 37.0 Å². The molecule has 0 atom stereocenters. The molecule has 1 aliphatic heterocycles. The highest BCUT2D eigenvalue weighted by atomic mass is 16.7. The molecule has 2 aromatic rings. The molecule has 1 aromatic heterocycles. The fourth-order valence-corrected chi connectivity index (χ4v) is 2.70. The lowest BCUT2D eigenvalue weighted by Gasteiger charge is -2.24. The van der Waals surface area contributed by atoms with Crippen molar-refractivity contribution < 1.29 is 9.63 Å². The van der Waals surface area contributed by atoms with Gasteiger partial charge in [0.25, 0.3) is 0 Å². The number of aromatic nitrogens is 1. The Bertz CT molecular complexity index is 678. The molecular formula is C19H21N3O2. The maximum atomic E-state index is 11.8. The largest absolute Gasteiger partial charge is 0.435 e. The van der Waals surface area contributed by atoms with Gasteiger partial charge in [-0.2, -0.15) is 0 Å². The average Bonchev–Trinajstić information content (AvgIpc) is 2.67. The summed E-state index contributed by atoms with van der Waals surface area (Å²) in [6.45, 7) is 1.53. The van der Waals surface area contributed by atoms with E-state index in [1.807, 2.05) is 42.5 Å². The van der Waals surface area contributed by atoms with E-state index in [-0.39, 0.29) is 6.09 Å². The first-order valence-electron chi connectivity index (χ1n) is 8.31. The van der Waals surface area contributed by atoms with Crippen LogP contribution in [0.15, 0.2) is 53.8 Å². The molecule has 0 spiro atoms. The standard InChI is InChI=1S/C19H21N3O2/c23-19(22-14-4-1-5-15-22)24-21-13-11-16-7-9-17(10-8-16)18-6-2-3-12-20-18/h2-3,6-10,12-13H,1,4-5,11,14-15H2. The minimum Gasteiger partial charge on any atom is -0.306 e. The van der Waals surface area contributed by atoms with Gasteiger partial charge < -0.3 is 4.90 Å². The third-order valence-corrected chi connectivity index (χ3v) is 4.06. The monoisotopic (exact) mass is 323 g/mol. The minimum atomic E-state index is -0.351. The van der Waals surface area contributed by atoms with Gasteiger partial charge in [0.05, 0.1) is 5.69 Å². The van der Waals surface area contributed by atoms with Crippen molar-refractivity contribution >= 4 is 12.3 Å². The smallest absolute Gasteiger partial charge is 0.306 e. The van der Waals surface area contributed by atoms with Gasteiger partial charge in [-0.15, -0.1) is 0 Å². The second kappa shape index (κ2) is 8.24. The van der Waals surface area contributed by atoms with E-state index in [2.05, 4.69) is 10.1 Å². The molecule has 0 aliphatic carbocycles. The van der Waals surface area contributed by atoms with E-state index < -0.39 is 0 Å². The number of pyridine rings is 1. The molecular weight excluding hydrogens is 302 g/mol. The van der Waals surface area contributed by atoms with E-state index in [0.717, 1.165) is 42.8 Å². The lowest BCUT2D eigenvalue weighted by atomic mass is 10.1. The molecule has 0 N–H and O–H groups in total. The third-order valence-electron chi connectivity index (χ3n) is 4.06. The fourth-order valence-electron chi connectivity index (χ4n) is 2.70. The van der Waals surface area contributed by atoms with Gasteiger partial charge in [-0.1, -0.05) is 35.5 Å². The first-order chi connectivity index (χ1) is 11.8. The Labute approximate surface area is 142 Å². The Balaban J connectivity index is 1.48. The molecule has 0 bridgehead atoms. The van der Waals surface area contributed by atoms with Crippen LogP contribution in [0.4, 0.5) is 4.79 Å². The summed E-state index contributed by atoms with van der Waals surface area (Å²) in [4.78, 5) is 22.8. The van der Waals surface area contributed by atoms with Crippen LogP contribution >= 0.6 is 0 Å². The topological polar surface area (TPSA) is 54.8 Å². The first-order valence-corrected chi connectivity index (χ1v) is 8.31. The molecule has 3 rings (SSSR count). The minimum absolute atomic E-state index is 0.351. The van der Waals surface area contributed by atoms with E-state index in [4.69, 9.17) is 4.84 Å². The lowest BCUT2D eigenvalue weighted by Crippen LogP contribution is -2.35. The normalized spacial score (nSPS) is 14.8. The van der Waals surface area contributed by atoms with E-state index in [1.165, 1.54) is 6.42 Å². The number of rotatable bonds is 4. The Morgan fingerprint density at radius 3 is 2.62 bits per heavy atom. The number of oxime groups is 1. The van der Waals surface area contributed by atoms with E-state index in [1.54, 1.807) is 17.3 Å². The van der Waals surface area contributed by atoms with Gasteiger partial charge in [0.1, 0.15) is 0 Å². The zero-order valence-electron chi connectivity index (χ0n) is 13.6. The number of carbonyl (C=O) groups excluding carboxylic acids is 1. The number of piperidine rings is 1. The summed E-state index contributed by atoms with van der Waals surface area (Å²) in [5.41, 5.74) is 3.13. The van der Waals surface area contributed by atoms with Crippen molar-refractivity contribution in [3.63, 3.8) is 0 Å². The summed E-state index contributed by atoms with van der Waals surface area (Å²) < 4.78 is 0. The molecule has 5 nitrogen and oxygen atoms in total. The van der Waals surface area contributed by atoms with Crippen LogP contribution in [0.1, 0.15) is 24.8 Å². The van der Waals surface area contributed by atoms with Gasteiger partial charge in [0.2, 0.25) is 0 Å². The molecule has 5 heteroatoms. The second-order valence-electron chi connectivity index (χ2n) is 5.81. The van der Waals surface area contributed by atoms with Crippen molar-refractivity contribution in [1.29, 1.82) is 0 Å². The zero-order valence-corrected chi connectivity index (χ0v) is 13.6. The maximum absolute atomic E-state index is 11.8. The van der Waals surface area contributed by atoms with Crippen molar-refractivity contribution in [3.05, 3.63) is 54.2 Å². The number of hydrogen-bond acceptors (Lipinski definition) is 4. The summed E-state index contributed by atoms with van der Waals surface area (Å²) in [6.07, 6.45) is 6.95. The Morgan fingerprint density at radius 1 is 1.12 bits per heavy atom. The van der Waals surface area contributed by atoms with Gasteiger partial charge in [0, 0.05) is 37.5 Å². The maximum Gasteiger partial charge on any atom is 0.435 e. The van der Waals surface area contributed by atoms with Gasteiger partial charge in [-0.3, -0.25) is 9.82 Å². The molecule has 1 saturated heterocycles. The predicted molar refractivity (Wildman–Crippen MR) is 93.8 cm³/mol. The fraction of sp³-hybridized carbons (Fsp3) is 0.316. The van der Waals surface area contributed by atoms with Crippen molar-refractivity contribution in [3.8, 4) is 11.3 Å². The molecule has 1 aliphatic rings. The molecule has 0 unspecified atom stereocenters. The highest BCUT2D eigenvalue weighted by molar-refractivity contribution is 5.69. The van der Waals surface area contributed by atoms with Crippen molar-refractivity contribution in [1.82, 2.24) is 9.88 Å².